The molecule has 1 saturated heterocycles. The van der Waals surface area contributed by atoms with Crippen molar-refractivity contribution >= 4 is 11.6 Å². The van der Waals surface area contributed by atoms with Gasteiger partial charge in [-0.15, -0.1) is 0 Å². The quantitative estimate of drug-likeness (QED) is 0.901. The van der Waals surface area contributed by atoms with Crippen LogP contribution in [0.4, 0.5) is 0 Å². The molecule has 2 nitrogen and oxygen atoms in total. The summed E-state index contributed by atoms with van der Waals surface area (Å²) in [6.07, 6.45) is 2.57. The average Bonchev–Trinajstić information content (AvgIpc) is 2.32. The van der Waals surface area contributed by atoms with Crippen LogP contribution in [0.1, 0.15) is 25.3 Å². The summed E-state index contributed by atoms with van der Waals surface area (Å²) < 4.78 is 0. The van der Waals surface area contributed by atoms with Crippen LogP contribution in [0.25, 0.3) is 0 Å². The second-order valence-corrected chi connectivity index (χ2v) is 5.94. The van der Waals surface area contributed by atoms with Crippen molar-refractivity contribution in [2.24, 2.45) is 5.92 Å². The van der Waals surface area contributed by atoms with Gasteiger partial charge < -0.3 is 10.2 Å². The molecule has 1 aliphatic rings. The Morgan fingerprint density at radius 2 is 2.17 bits per heavy atom. The van der Waals surface area contributed by atoms with Crippen LogP contribution >= 0.6 is 11.6 Å². The lowest BCUT2D eigenvalue weighted by Crippen LogP contribution is -2.39. The molecule has 1 N–H and O–H groups in total. The normalized spacial score (nSPS) is 24.4. The minimum Gasteiger partial charge on any atom is -0.314 e. The Hall–Kier alpha value is -0.570. The number of benzene rings is 1. The van der Waals surface area contributed by atoms with E-state index in [0.29, 0.717) is 6.04 Å². The van der Waals surface area contributed by atoms with Crippen molar-refractivity contribution in [2.75, 3.05) is 20.1 Å². The van der Waals surface area contributed by atoms with Gasteiger partial charge in [0.1, 0.15) is 0 Å². The minimum atomic E-state index is 0.664. The van der Waals surface area contributed by atoms with E-state index in [1.54, 1.807) is 0 Å². The molecule has 0 amide bonds. The molecule has 0 bridgehead atoms. The van der Waals surface area contributed by atoms with Gasteiger partial charge in [0.05, 0.1) is 0 Å². The molecule has 1 heterocycles. The van der Waals surface area contributed by atoms with E-state index in [0.717, 1.165) is 30.6 Å². The summed E-state index contributed by atoms with van der Waals surface area (Å²) >= 11 is 6.20. The number of halogens is 1. The molecule has 0 aromatic heterocycles. The van der Waals surface area contributed by atoms with E-state index in [4.69, 9.17) is 11.6 Å². The number of nitrogens with one attached hydrogen (secondary N) is 1. The van der Waals surface area contributed by atoms with E-state index in [2.05, 4.69) is 36.3 Å². The third kappa shape index (κ3) is 3.98. The highest BCUT2D eigenvalue weighted by atomic mass is 35.5. The second kappa shape index (κ2) is 6.55. The highest BCUT2D eigenvalue weighted by Crippen LogP contribution is 2.20. The van der Waals surface area contributed by atoms with Crippen LogP contribution in [-0.2, 0) is 6.54 Å². The summed E-state index contributed by atoms with van der Waals surface area (Å²) in [5.74, 6) is 0.814. The molecule has 0 saturated carbocycles. The molecule has 1 aromatic carbocycles. The second-order valence-electron chi connectivity index (χ2n) is 5.53. The molecule has 18 heavy (non-hydrogen) atoms. The van der Waals surface area contributed by atoms with Crippen LogP contribution in [0.5, 0.6) is 0 Å². The standard InChI is InChI=1S/C15H23ClN2/c1-12-9-13(7-8-17-12)10-18(2)11-14-5-3-4-6-15(14)16/h3-6,12-13,17H,7-11H2,1-2H3. The Balaban J connectivity index is 1.85. The van der Waals surface area contributed by atoms with Crippen molar-refractivity contribution < 1.29 is 0 Å². The maximum atomic E-state index is 6.20. The SMILES string of the molecule is CC1CC(CN(C)Cc2ccccc2Cl)CCN1. The van der Waals surface area contributed by atoms with Gasteiger partial charge in [0.15, 0.2) is 0 Å². The minimum absolute atomic E-state index is 0.664. The van der Waals surface area contributed by atoms with Crippen LogP contribution in [0, 0.1) is 5.92 Å². The van der Waals surface area contributed by atoms with Gasteiger partial charge in [0.2, 0.25) is 0 Å². The molecule has 2 rings (SSSR count). The Labute approximate surface area is 115 Å². The summed E-state index contributed by atoms with van der Waals surface area (Å²) in [6, 6.07) is 8.79. The zero-order valence-electron chi connectivity index (χ0n) is 11.3. The molecule has 3 heteroatoms. The van der Waals surface area contributed by atoms with Gasteiger partial charge in [-0.25, -0.2) is 0 Å². The molecule has 0 aliphatic carbocycles. The highest BCUT2D eigenvalue weighted by molar-refractivity contribution is 6.31. The molecule has 2 unspecified atom stereocenters. The molecular weight excluding hydrogens is 244 g/mol. The zero-order chi connectivity index (χ0) is 13.0. The van der Waals surface area contributed by atoms with E-state index >= 15 is 0 Å². The fraction of sp³-hybridized carbons (Fsp3) is 0.600. The molecule has 1 fully saturated rings. The number of hydrogen-bond donors (Lipinski definition) is 1. The van der Waals surface area contributed by atoms with Crippen molar-refractivity contribution in [3.63, 3.8) is 0 Å². The number of piperidine rings is 1. The van der Waals surface area contributed by atoms with Crippen molar-refractivity contribution in [3.8, 4) is 0 Å². The smallest absolute Gasteiger partial charge is 0.0451 e. The molecule has 2 atom stereocenters. The van der Waals surface area contributed by atoms with Crippen molar-refractivity contribution in [3.05, 3.63) is 34.9 Å². The summed E-state index contributed by atoms with van der Waals surface area (Å²) in [4.78, 5) is 2.39. The molecule has 1 aliphatic heterocycles. The third-order valence-electron chi connectivity index (χ3n) is 3.70. The maximum Gasteiger partial charge on any atom is 0.0451 e. The zero-order valence-corrected chi connectivity index (χ0v) is 12.1. The van der Waals surface area contributed by atoms with Gasteiger partial charge in [0.25, 0.3) is 0 Å². The molecule has 100 valence electrons. The topological polar surface area (TPSA) is 15.3 Å². The first kappa shape index (κ1) is 13.9. The first-order chi connectivity index (χ1) is 8.65. The Morgan fingerprint density at radius 3 is 2.89 bits per heavy atom. The molecular formula is C15H23ClN2. The Kier molecular flexibility index (Phi) is 5.04. The van der Waals surface area contributed by atoms with Crippen LogP contribution in [-0.4, -0.2) is 31.1 Å². The van der Waals surface area contributed by atoms with Gasteiger partial charge in [-0.05, 0) is 50.9 Å². The fourth-order valence-electron chi connectivity index (χ4n) is 2.82. The summed E-state index contributed by atoms with van der Waals surface area (Å²) in [5.41, 5.74) is 1.23. The van der Waals surface area contributed by atoms with Crippen LogP contribution < -0.4 is 5.32 Å². The average molecular weight is 267 g/mol. The van der Waals surface area contributed by atoms with Crippen molar-refractivity contribution in [1.82, 2.24) is 10.2 Å². The number of nitrogens with zero attached hydrogens (tertiary/aromatic N) is 1. The van der Waals surface area contributed by atoms with E-state index in [1.165, 1.54) is 18.4 Å². The first-order valence-electron chi connectivity index (χ1n) is 6.80. The van der Waals surface area contributed by atoms with Crippen LogP contribution in [0.15, 0.2) is 24.3 Å². The lowest BCUT2D eigenvalue weighted by atomic mass is 9.93. The predicted molar refractivity (Wildman–Crippen MR) is 78.0 cm³/mol. The van der Waals surface area contributed by atoms with Gasteiger partial charge in [0, 0.05) is 24.2 Å². The van der Waals surface area contributed by atoms with Crippen LogP contribution in [0.3, 0.4) is 0 Å². The van der Waals surface area contributed by atoms with Crippen LogP contribution in [0.2, 0.25) is 5.02 Å². The van der Waals surface area contributed by atoms with E-state index in [1.807, 2.05) is 12.1 Å². The Morgan fingerprint density at radius 1 is 1.39 bits per heavy atom. The summed E-state index contributed by atoms with van der Waals surface area (Å²) in [6.45, 7) is 5.54. The molecule has 0 radical (unpaired) electrons. The van der Waals surface area contributed by atoms with E-state index < -0.39 is 0 Å². The molecule has 1 aromatic rings. The fourth-order valence-corrected chi connectivity index (χ4v) is 3.02. The Bertz CT molecular complexity index is 381. The number of hydrogen-bond acceptors (Lipinski definition) is 2. The third-order valence-corrected chi connectivity index (χ3v) is 4.07. The lowest BCUT2D eigenvalue weighted by molar-refractivity contribution is 0.215. The largest absolute Gasteiger partial charge is 0.314 e. The maximum absolute atomic E-state index is 6.20. The van der Waals surface area contributed by atoms with Gasteiger partial charge in [-0.2, -0.15) is 0 Å². The van der Waals surface area contributed by atoms with Crippen molar-refractivity contribution in [1.29, 1.82) is 0 Å². The van der Waals surface area contributed by atoms with E-state index in [9.17, 15) is 0 Å². The predicted octanol–water partition coefficient (Wildman–Crippen LogP) is 3.16. The van der Waals surface area contributed by atoms with Crippen molar-refractivity contribution in [2.45, 2.75) is 32.4 Å². The van der Waals surface area contributed by atoms with Gasteiger partial charge >= 0.3 is 0 Å². The summed E-state index contributed by atoms with van der Waals surface area (Å²) in [7, 11) is 2.19. The molecule has 0 spiro atoms. The van der Waals surface area contributed by atoms with E-state index in [-0.39, 0.29) is 0 Å². The monoisotopic (exact) mass is 266 g/mol. The van der Waals surface area contributed by atoms with Gasteiger partial charge in [-0.3, -0.25) is 0 Å². The lowest BCUT2D eigenvalue weighted by Gasteiger charge is -2.31. The first-order valence-corrected chi connectivity index (χ1v) is 7.18. The number of rotatable bonds is 4. The van der Waals surface area contributed by atoms with Gasteiger partial charge in [-0.1, -0.05) is 29.8 Å². The highest BCUT2D eigenvalue weighted by Gasteiger charge is 2.19. The summed E-state index contributed by atoms with van der Waals surface area (Å²) in [5, 5.41) is 4.38.